The molecule has 0 aliphatic carbocycles. The molecule has 1 aromatic rings. The van der Waals surface area contributed by atoms with Crippen LogP contribution >= 0.6 is 24.0 Å². The van der Waals surface area contributed by atoms with Crippen molar-refractivity contribution < 1.29 is 14.2 Å². The maximum atomic E-state index is 5.80. The molecule has 2 N–H and O–H groups in total. The zero-order chi connectivity index (χ0) is 20.7. The van der Waals surface area contributed by atoms with Crippen molar-refractivity contribution in [1.29, 1.82) is 0 Å². The number of hydrogen-bond donors (Lipinski definition) is 2. The Morgan fingerprint density at radius 2 is 1.83 bits per heavy atom. The van der Waals surface area contributed by atoms with E-state index in [9.17, 15) is 0 Å². The van der Waals surface area contributed by atoms with Gasteiger partial charge in [0.25, 0.3) is 0 Å². The Hall–Kier alpha value is -1.06. The summed E-state index contributed by atoms with van der Waals surface area (Å²) in [6.45, 7) is 10.2. The van der Waals surface area contributed by atoms with Crippen LogP contribution in [0.1, 0.15) is 38.7 Å². The van der Waals surface area contributed by atoms with E-state index < -0.39 is 0 Å². The Morgan fingerprint density at radius 1 is 1.13 bits per heavy atom. The third kappa shape index (κ3) is 12.0. The molecule has 0 radical (unpaired) electrons. The molecule has 30 heavy (non-hydrogen) atoms. The molecule has 1 aliphatic rings. The van der Waals surface area contributed by atoms with Gasteiger partial charge in [0.1, 0.15) is 5.75 Å². The van der Waals surface area contributed by atoms with E-state index in [2.05, 4.69) is 41.6 Å². The summed E-state index contributed by atoms with van der Waals surface area (Å²) >= 11 is 0. The summed E-state index contributed by atoms with van der Waals surface area (Å²) in [5.74, 6) is 2.98. The number of rotatable bonds is 12. The summed E-state index contributed by atoms with van der Waals surface area (Å²) in [5.41, 5.74) is 1.28. The van der Waals surface area contributed by atoms with E-state index in [1.807, 2.05) is 12.1 Å². The lowest BCUT2D eigenvalue weighted by Gasteiger charge is -2.21. The number of nitrogens with one attached hydrogen (secondary N) is 2. The lowest BCUT2D eigenvalue weighted by molar-refractivity contribution is 0.0203. The summed E-state index contributed by atoms with van der Waals surface area (Å²) in [6.07, 6.45) is 4.17. The second-order valence-electron chi connectivity index (χ2n) is 8.01. The Balaban J connectivity index is 0.00000450. The quantitative estimate of drug-likeness (QED) is 0.185. The van der Waals surface area contributed by atoms with Crippen molar-refractivity contribution in [3.8, 4) is 5.75 Å². The molecule has 0 spiro atoms. The lowest BCUT2D eigenvalue weighted by Crippen LogP contribution is -2.39. The highest BCUT2D eigenvalue weighted by molar-refractivity contribution is 14.0. The van der Waals surface area contributed by atoms with Gasteiger partial charge in [-0.1, -0.05) is 26.0 Å². The number of aliphatic imine (C=N–C) groups is 1. The first-order valence-electron chi connectivity index (χ1n) is 11.0. The van der Waals surface area contributed by atoms with Gasteiger partial charge in [0, 0.05) is 46.6 Å². The van der Waals surface area contributed by atoms with Gasteiger partial charge in [-0.3, -0.25) is 4.99 Å². The fourth-order valence-corrected chi connectivity index (χ4v) is 3.11. The first-order chi connectivity index (χ1) is 14.2. The van der Waals surface area contributed by atoms with E-state index in [1.165, 1.54) is 5.56 Å². The molecule has 7 heteroatoms. The number of nitrogens with zero attached hydrogens (tertiary/aromatic N) is 1. The third-order valence-electron chi connectivity index (χ3n) is 4.89. The molecule has 1 aromatic carbocycles. The fraction of sp³-hybridized carbons (Fsp3) is 0.696. The van der Waals surface area contributed by atoms with E-state index in [0.29, 0.717) is 11.8 Å². The molecule has 1 heterocycles. The SMILES string of the molecule is CN=C(NCCCOCC1CCOCC1)NCCc1ccc(OCC(C)C)cc1.I. The first kappa shape index (κ1) is 27.0. The zero-order valence-electron chi connectivity index (χ0n) is 18.8. The van der Waals surface area contributed by atoms with E-state index in [0.717, 1.165) is 83.5 Å². The summed E-state index contributed by atoms with van der Waals surface area (Å²) in [4.78, 5) is 4.29. The van der Waals surface area contributed by atoms with Gasteiger partial charge < -0.3 is 24.8 Å². The predicted octanol–water partition coefficient (Wildman–Crippen LogP) is 3.88. The van der Waals surface area contributed by atoms with Gasteiger partial charge in [-0.05, 0) is 55.2 Å². The third-order valence-corrected chi connectivity index (χ3v) is 4.89. The molecular weight excluding hydrogens is 493 g/mol. The van der Waals surface area contributed by atoms with E-state index in [1.54, 1.807) is 7.05 Å². The highest BCUT2D eigenvalue weighted by Gasteiger charge is 2.13. The molecule has 6 nitrogen and oxygen atoms in total. The predicted molar refractivity (Wildman–Crippen MR) is 134 cm³/mol. The van der Waals surface area contributed by atoms with Crippen molar-refractivity contribution in [2.24, 2.45) is 16.8 Å². The highest BCUT2D eigenvalue weighted by atomic mass is 127. The van der Waals surface area contributed by atoms with Crippen molar-refractivity contribution in [2.75, 3.05) is 53.2 Å². The van der Waals surface area contributed by atoms with Gasteiger partial charge in [-0.2, -0.15) is 0 Å². The summed E-state index contributed by atoms with van der Waals surface area (Å²) in [5, 5.41) is 6.72. The van der Waals surface area contributed by atoms with Crippen LogP contribution in [0, 0.1) is 11.8 Å². The maximum Gasteiger partial charge on any atom is 0.190 e. The summed E-state index contributed by atoms with van der Waals surface area (Å²) in [7, 11) is 1.80. The van der Waals surface area contributed by atoms with Gasteiger partial charge in [-0.15, -0.1) is 24.0 Å². The van der Waals surface area contributed by atoms with Crippen molar-refractivity contribution in [3.05, 3.63) is 29.8 Å². The Kier molecular flexibility index (Phi) is 14.9. The standard InChI is InChI=1S/C23H39N3O3.HI/c1-19(2)17-29-22-7-5-20(6-8-22)9-13-26-23(24-3)25-12-4-14-28-18-21-10-15-27-16-11-21;/h5-8,19,21H,4,9-18H2,1-3H3,(H2,24,25,26);1H. The van der Waals surface area contributed by atoms with E-state index >= 15 is 0 Å². The van der Waals surface area contributed by atoms with Crippen LogP contribution in [0.4, 0.5) is 0 Å². The largest absolute Gasteiger partial charge is 0.493 e. The van der Waals surface area contributed by atoms with Crippen LogP contribution in [0.3, 0.4) is 0 Å². The second kappa shape index (κ2) is 16.6. The minimum absolute atomic E-state index is 0. The number of benzene rings is 1. The van der Waals surface area contributed by atoms with Crippen molar-refractivity contribution in [3.63, 3.8) is 0 Å². The molecule has 172 valence electrons. The van der Waals surface area contributed by atoms with Gasteiger partial charge in [0.05, 0.1) is 6.61 Å². The number of hydrogen-bond acceptors (Lipinski definition) is 4. The van der Waals surface area contributed by atoms with Gasteiger partial charge in [-0.25, -0.2) is 0 Å². The van der Waals surface area contributed by atoms with Gasteiger partial charge in [0.2, 0.25) is 0 Å². The fourth-order valence-electron chi connectivity index (χ4n) is 3.11. The van der Waals surface area contributed by atoms with Gasteiger partial charge in [0.15, 0.2) is 5.96 Å². The smallest absolute Gasteiger partial charge is 0.190 e. The van der Waals surface area contributed by atoms with Crippen molar-refractivity contribution in [2.45, 2.75) is 39.5 Å². The van der Waals surface area contributed by atoms with E-state index in [-0.39, 0.29) is 24.0 Å². The molecule has 0 saturated carbocycles. The monoisotopic (exact) mass is 533 g/mol. The molecule has 0 bridgehead atoms. The van der Waals surface area contributed by atoms with Gasteiger partial charge >= 0.3 is 0 Å². The highest BCUT2D eigenvalue weighted by Crippen LogP contribution is 2.15. The zero-order valence-corrected chi connectivity index (χ0v) is 21.2. The van der Waals surface area contributed by atoms with Crippen LogP contribution in [0.25, 0.3) is 0 Å². The molecule has 1 aliphatic heterocycles. The molecule has 0 unspecified atom stereocenters. The number of ether oxygens (including phenoxy) is 3. The normalized spacial score (nSPS) is 15.0. The molecule has 1 saturated heterocycles. The van der Waals surface area contributed by atoms with Crippen LogP contribution in [-0.4, -0.2) is 59.1 Å². The Bertz CT molecular complexity index is 576. The minimum Gasteiger partial charge on any atom is -0.493 e. The number of halogens is 1. The molecule has 1 fully saturated rings. The second-order valence-corrected chi connectivity index (χ2v) is 8.01. The van der Waals surface area contributed by atoms with Crippen molar-refractivity contribution >= 4 is 29.9 Å². The molecule has 0 atom stereocenters. The van der Waals surface area contributed by atoms with Crippen LogP contribution in [0.2, 0.25) is 0 Å². The maximum absolute atomic E-state index is 5.80. The molecule has 2 rings (SSSR count). The Labute approximate surface area is 199 Å². The van der Waals surface area contributed by atoms with Crippen LogP contribution in [0.15, 0.2) is 29.3 Å². The first-order valence-corrected chi connectivity index (χ1v) is 11.0. The van der Waals surface area contributed by atoms with Crippen LogP contribution in [0.5, 0.6) is 5.75 Å². The van der Waals surface area contributed by atoms with E-state index in [4.69, 9.17) is 14.2 Å². The molecular formula is C23H40IN3O3. The molecule has 0 amide bonds. The lowest BCUT2D eigenvalue weighted by atomic mass is 10.0. The molecule has 0 aromatic heterocycles. The number of guanidine groups is 1. The summed E-state index contributed by atoms with van der Waals surface area (Å²) in [6, 6.07) is 8.35. The average Bonchev–Trinajstić information content (AvgIpc) is 2.75. The minimum atomic E-state index is 0. The van der Waals surface area contributed by atoms with Crippen LogP contribution < -0.4 is 15.4 Å². The topological polar surface area (TPSA) is 64.1 Å². The summed E-state index contributed by atoms with van der Waals surface area (Å²) < 4.78 is 16.9. The van der Waals surface area contributed by atoms with Crippen LogP contribution in [-0.2, 0) is 15.9 Å². The van der Waals surface area contributed by atoms with Crippen molar-refractivity contribution in [1.82, 2.24) is 10.6 Å². The Morgan fingerprint density at radius 3 is 2.50 bits per heavy atom. The average molecular weight is 533 g/mol.